The molecule has 4 heterocycles. The Hall–Kier alpha value is -3.94. The quantitative estimate of drug-likeness (QED) is 0.292. The molecule has 4 aromatic rings. The van der Waals surface area contributed by atoms with Gasteiger partial charge in [0.25, 0.3) is 5.91 Å². The van der Waals surface area contributed by atoms with Crippen LogP contribution in [0.4, 0.5) is 27.6 Å². The average Bonchev–Trinajstić information content (AvgIpc) is 3.63. The minimum absolute atomic E-state index is 0.0136. The van der Waals surface area contributed by atoms with Crippen molar-refractivity contribution in [1.29, 1.82) is 0 Å². The van der Waals surface area contributed by atoms with Gasteiger partial charge < -0.3 is 29.2 Å². The van der Waals surface area contributed by atoms with Crippen LogP contribution >= 0.6 is 0 Å². The second-order valence-corrected chi connectivity index (χ2v) is 9.81. The number of amides is 1. The van der Waals surface area contributed by atoms with Crippen LogP contribution in [0.2, 0.25) is 0 Å². The zero-order valence-electron chi connectivity index (χ0n) is 21.6. The third-order valence-corrected chi connectivity index (χ3v) is 6.82. The number of aromatic nitrogens is 4. The van der Waals surface area contributed by atoms with Gasteiger partial charge in [-0.15, -0.1) is 0 Å². The van der Waals surface area contributed by atoms with E-state index in [2.05, 4.69) is 20.8 Å². The Morgan fingerprint density at radius 2 is 2.08 bits per heavy atom. The van der Waals surface area contributed by atoms with Crippen LogP contribution in [0.5, 0.6) is 0 Å². The number of likely N-dealkylation sites (tertiary alicyclic amines) is 1. The van der Waals surface area contributed by atoms with Crippen LogP contribution in [-0.2, 0) is 19.6 Å². The number of rotatable bonds is 9. The molecule has 14 heteroatoms. The molecule has 214 valence electrons. The Morgan fingerprint density at radius 1 is 1.25 bits per heavy atom. The number of carbonyl (C=O) groups is 1. The maximum atomic E-state index is 14.7. The number of anilines is 1. The molecule has 3 aromatic heterocycles. The average molecular weight is 566 g/mol. The number of hydrogen-bond acceptors (Lipinski definition) is 6. The summed E-state index contributed by atoms with van der Waals surface area (Å²) in [7, 11) is 1.84. The largest absolute Gasteiger partial charge is 0.406 e. The van der Waals surface area contributed by atoms with Crippen molar-refractivity contribution >= 4 is 22.5 Å². The fraction of sp³-hybridized carbons (Fsp3) is 0.423. The maximum absolute atomic E-state index is 14.7. The van der Waals surface area contributed by atoms with E-state index in [1.54, 1.807) is 24.4 Å². The number of benzene rings is 1. The molecule has 0 aliphatic carbocycles. The second-order valence-electron chi connectivity index (χ2n) is 9.81. The predicted octanol–water partition coefficient (Wildman–Crippen LogP) is 4.41. The molecular formula is C26H28F5N7O2. The number of aryl methyl sites for hydroxylation is 1. The van der Waals surface area contributed by atoms with Crippen molar-refractivity contribution in [1.82, 2.24) is 29.5 Å². The number of carbonyl (C=O) groups excluding carboxylic acids is 1. The van der Waals surface area contributed by atoms with Gasteiger partial charge in [0.05, 0.1) is 35.9 Å². The highest BCUT2D eigenvalue weighted by Gasteiger charge is 2.32. The minimum Gasteiger partial charge on any atom is -0.379 e. The number of alkyl halides is 5. The van der Waals surface area contributed by atoms with E-state index in [1.165, 1.54) is 22.9 Å². The molecule has 1 amide bonds. The topological polar surface area (TPSA) is 93.2 Å². The lowest BCUT2D eigenvalue weighted by Gasteiger charge is -2.33. The summed E-state index contributed by atoms with van der Waals surface area (Å²) in [4.78, 5) is 18.5. The van der Waals surface area contributed by atoms with Crippen LogP contribution < -0.4 is 10.6 Å². The Balaban J connectivity index is 1.40. The molecule has 0 radical (unpaired) electrons. The maximum Gasteiger partial charge on any atom is 0.406 e. The fourth-order valence-corrected chi connectivity index (χ4v) is 4.86. The summed E-state index contributed by atoms with van der Waals surface area (Å²) >= 11 is 0. The molecular weight excluding hydrogens is 537 g/mol. The number of halogens is 5. The Labute approximate surface area is 225 Å². The summed E-state index contributed by atoms with van der Waals surface area (Å²) in [6.07, 6.45) is -2.07. The van der Waals surface area contributed by atoms with E-state index < -0.39 is 37.5 Å². The van der Waals surface area contributed by atoms with Crippen LogP contribution in [0.3, 0.4) is 0 Å². The van der Waals surface area contributed by atoms with Gasteiger partial charge in [0.2, 0.25) is 11.7 Å². The zero-order valence-corrected chi connectivity index (χ0v) is 21.6. The second kappa shape index (κ2) is 11.3. The molecule has 1 aliphatic heterocycles. The van der Waals surface area contributed by atoms with E-state index in [4.69, 9.17) is 4.52 Å². The summed E-state index contributed by atoms with van der Waals surface area (Å²) in [6, 6.07) is 7.43. The molecule has 40 heavy (non-hydrogen) atoms. The Morgan fingerprint density at radius 3 is 2.83 bits per heavy atom. The van der Waals surface area contributed by atoms with Gasteiger partial charge >= 0.3 is 6.18 Å². The molecule has 0 spiro atoms. The highest BCUT2D eigenvalue weighted by atomic mass is 19.4. The minimum atomic E-state index is -4.54. The molecule has 1 saturated heterocycles. The summed E-state index contributed by atoms with van der Waals surface area (Å²) < 4.78 is 75.8. The predicted molar refractivity (Wildman–Crippen MR) is 137 cm³/mol. The molecule has 0 unspecified atom stereocenters. The molecule has 9 nitrogen and oxygen atoms in total. The lowest BCUT2D eigenvalue weighted by Crippen LogP contribution is -2.46. The highest BCUT2D eigenvalue weighted by molar-refractivity contribution is 5.96. The first-order chi connectivity index (χ1) is 19.1. The first kappa shape index (κ1) is 27.6. The van der Waals surface area contributed by atoms with Gasteiger partial charge in [-0.25, -0.2) is 8.78 Å². The lowest BCUT2D eigenvalue weighted by atomic mass is 10.0. The van der Waals surface area contributed by atoms with E-state index >= 15 is 0 Å². The van der Waals surface area contributed by atoms with E-state index in [-0.39, 0.29) is 42.6 Å². The number of hydrogen-bond donors (Lipinski definition) is 2. The van der Waals surface area contributed by atoms with Gasteiger partial charge in [0, 0.05) is 36.6 Å². The van der Waals surface area contributed by atoms with E-state index in [0.717, 1.165) is 4.57 Å². The van der Waals surface area contributed by atoms with Gasteiger partial charge in [-0.1, -0.05) is 11.2 Å². The summed E-state index contributed by atoms with van der Waals surface area (Å²) in [5.41, 5.74) is 1.15. The van der Waals surface area contributed by atoms with Crippen molar-refractivity contribution in [3.05, 3.63) is 54.2 Å². The van der Waals surface area contributed by atoms with Gasteiger partial charge in [-0.2, -0.15) is 18.2 Å². The van der Waals surface area contributed by atoms with E-state index in [0.29, 0.717) is 29.6 Å². The molecule has 1 aromatic carbocycles. The van der Waals surface area contributed by atoms with Crippen molar-refractivity contribution in [3.8, 4) is 11.5 Å². The SMILES string of the molecule is CN1CC[C@@H](Nc2cccc3c2cc(-c2noc(CNC(=O)c4ccn(CCF)c4)n2)n3CC(F)(F)F)[C@@H](F)C1. The lowest BCUT2D eigenvalue weighted by molar-refractivity contribution is -0.139. The van der Waals surface area contributed by atoms with Gasteiger partial charge in [0.1, 0.15) is 19.4 Å². The fourth-order valence-electron chi connectivity index (χ4n) is 4.86. The van der Waals surface area contributed by atoms with Gasteiger partial charge in [-0.05, 0) is 37.7 Å². The summed E-state index contributed by atoms with van der Waals surface area (Å²) in [5, 5.41) is 10.1. The molecule has 0 saturated carbocycles. The van der Waals surface area contributed by atoms with Crippen LogP contribution in [0.15, 0.2) is 47.2 Å². The molecule has 1 aliphatic rings. The number of fused-ring (bicyclic) bond motifs is 1. The molecule has 0 bridgehead atoms. The van der Waals surface area contributed by atoms with Crippen LogP contribution in [0.25, 0.3) is 22.4 Å². The van der Waals surface area contributed by atoms with E-state index in [1.807, 2.05) is 11.9 Å². The van der Waals surface area contributed by atoms with Crippen molar-refractivity contribution in [2.45, 2.75) is 44.4 Å². The third-order valence-electron chi connectivity index (χ3n) is 6.82. The molecule has 5 rings (SSSR count). The molecule has 1 fully saturated rings. The van der Waals surface area contributed by atoms with Crippen LogP contribution in [0, 0.1) is 0 Å². The van der Waals surface area contributed by atoms with Crippen LogP contribution in [0.1, 0.15) is 22.7 Å². The molecule has 2 atom stereocenters. The van der Waals surface area contributed by atoms with Crippen molar-refractivity contribution in [2.24, 2.45) is 0 Å². The standard InChI is InChI=1S/C26H28F5N7O2/c1-36-8-6-20(18(28)14-36)33-19-3-2-4-21-17(19)11-22(38(21)15-26(29,30)31)24-34-23(40-35-24)12-32-25(39)16-5-9-37(13-16)10-7-27/h2-5,9,11,13,18,20,33H,6-8,10,12,14-15H2,1H3,(H,32,39)/t18-,20+/m0/s1. The van der Waals surface area contributed by atoms with Crippen molar-refractivity contribution < 1.29 is 31.3 Å². The van der Waals surface area contributed by atoms with Gasteiger partial charge in [0.15, 0.2) is 0 Å². The van der Waals surface area contributed by atoms with Gasteiger partial charge in [-0.3, -0.25) is 4.79 Å². The zero-order chi connectivity index (χ0) is 28.4. The number of nitrogens with one attached hydrogen (secondary N) is 2. The highest BCUT2D eigenvalue weighted by Crippen LogP contribution is 2.35. The monoisotopic (exact) mass is 565 g/mol. The normalized spacial score (nSPS) is 18.4. The number of piperidine rings is 1. The van der Waals surface area contributed by atoms with Crippen molar-refractivity contribution in [3.63, 3.8) is 0 Å². The summed E-state index contributed by atoms with van der Waals surface area (Å²) in [5.74, 6) is -0.563. The van der Waals surface area contributed by atoms with Crippen molar-refractivity contribution in [2.75, 3.05) is 32.1 Å². The Kier molecular flexibility index (Phi) is 7.79. The van der Waals surface area contributed by atoms with E-state index in [9.17, 15) is 26.7 Å². The third kappa shape index (κ3) is 6.11. The smallest absolute Gasteiger partial charge is 0.379 e. The first-order valence-corrected chi connectivity index (χ1v) is 12.7. The first-order valence-electron chi connectivity index (χ1n) is 12.7. The number of nitrogens with zero attached hydrogens (tertiary/aromatic N) is 5. The summed E-state index contributed by atoms with van der Waals surface area (Å²) in [6.45, 7) is -0.959. The van der Waals surface area contributed by atoms with Crippen LogP contribution in [-0.4, -0.2) is 75.3 Å². The Bertz CT molecular complexity index is 1480. The molecule has 2 N–H and O–H groups in total.